The Hall–Kier alpha value is -1.66. The van der Waals surface area contributed by atoms with Crippen LogP contribution in [0.2, 0.25) is 0 Å². The van der Waals surface area contributed by atoms with Gasteiger partial charge in [-0.15, -0.1) is 0 Å². The van der Waals surface area contributed by atoms with E-state index in [2.05, 4.69) is 33.3 Å². The van der Waals surface area contributed by atoms with Gasteiger partial charge in [-0.25, -0.2) is 4.98 Å². The second-order valence-corrected chi connectivity index (χ2v) is 8.14. The third-order valence-corrected chi connectivity index (χ3v) is 6.36. The Kier molecular flexibility index (Phi) is 5.17. The SMILES string of the molecule is O=C(CN1CCN(c2nc3ccccc3s2)CC1)NC1CCCCC1. The summed E-state index contributed by atoms with van der Waals surface area (Å²) in [4.78, 5) is 21.6. The van der Waals surface area contributed by atoms with Gasteiger partial charge in [-0.3, -0.25) is 9.69 Å². The van der Waals surface area contributed by atoms with Gasteiger partial charge in [0.1, 0.15) is 0 Å². The normalized spacial score (nSPS) is 20.1. The number of benzene rings is 1. The van der Waals surface area contributed by atoms with E-state index in [0.29, 0.717) is 12.6 Å². The van der Waals surface area contributed by atoms with E-state index in [1.165, 1.54) is 24.0 Å². The first-order valence-corrected chi connectivity index (χ1v) is 10.2. The molecule has 1 aromatic heterocycles. The van der Waals surface area contributed by atoms with Crippen LogP contribution in [0.25, 0.3) is 10.2 Å². The molecular weight excluding hydrogens is 332 g/mol. The lowest BCUT2D eigenvalue weighted by Gasteiger charge is -2.34. The van der Waals surface area contributed by atoms with Crippen molar-refractivity contribution >= 4 is 32.6 Å². The molecule has 2 heterocycles. The number of piperazine rings is 1. The molecule has 1 saturated carbocycles. The Labute approximate surface area is 153 Å². The highest BCUT2D eigenvalue weighted by Crippen LogP contribution is 2.29. The summed E-state index contributed by atoms with van der Waals surface area (Å²) >= 11 is 1.76. The van der Waals surface area contributed by atoms with Crippen molar-refractivity contribution < 1.29 is 4.79 Å². The van der Waals surface area contributed by atoms with Crippen LogP contribution in [0.4, 0.5) is 5.13 Å². The summed E-state index contributed by atoms with van der Waals surface area (Å²) < 4.78 is 1.24. The number of fused-ring (bicyclic) bond motifs is 1. The highest BCUT2D eigenvalue weighted by Gasteiger charge is 2.22. The van der Waals surface area contributed by atoms with Crippen LogP contribution in [-0.4, -0.2) is 54.6 Å². The van der Waals surface area contributed by atoms with E-state index in [1.807, 2.05) is 6.07 Å². The zero-order chi connectivity index (χ0) is 17.1. The summed E-state index contributed by atoms with van der Waals surface area (Å²) in [5.74, 6) is 0.195. The van der Waals surface area contributed by atoms with Gasteiger partial charge in [0.15, 0.2) is 5.13 Å². The van der Waals surface area contributed by atoms with E-state index in [0.717, 1.165) is 49.7 Å². The summed E-state index contributed by atoms with van der Waals surface area (Å²) in [6.45, 7) is 4.26. The predicted molar refractivity (Wildman–Crippen MR) is 103 cm³/mol. The molecule has 4 rings (SSSR count). The minimum atomic E-state index is 0.195. The molecule has 0 radical (unpaired) electrons. The maximum absolute atomic E-state index is 12.3. The maximum Gasteiger partial charge on any atom is 0.234 e. The molecule has 0 spiro atoms. The first kappa shape index (κ1) is 16.8. The molecule has 1 amide bonds. The summed E-state index contributed by atoms with van der Waals surface area (Å²) in [6, 6.07) is 8.70. The second kappa shape index (κ2) is 7.70. The molecule has 0 atom stereocenters. The van der Waals surface area contributed by atoms with Crippen molar-refractivity contribution in [1.82, 2.24) is 15.2 Å². The average Bonchev–Trinajstić information content (AvgIpc) is 3.07. The number of rotatable bonds is 4. The van der Waals surface area contributed by atoms with Crippen LogP contribution in [0.1, 0.15) is 32.1 Å². The zero-order valence-electron chi connectivity index (χ0n) is 14.6. The van der Waals surface area contributed by atoms with Crippen LogP contribution in [0.5, 0.6) is 0 Å². The van der Waals surface area contributed by atoms with Crippen molar-refractivity contribution in [3.63, 3.8) is 0 Å². The molecule has 134 valence electrons. The Morgan fingerprint density at radius 3 is 2.64 bits per heavy atom. The molecule has 1 N–H and O–H groups in total. The summed E-state index contributed by atoms with van der Waals surface area (Å²) in [6.07, 6.45) is 6.13. The van der Waals surface area contributed by atoms with E-state index in [1.54, 1.807) is 11.3 Å². The number of hydrogen-bond acceptors (Lipinski definition) is 5. The standard InChI is InChI=1S/C19H26N4OS/c24-18(20-15-6-2-1-3-7-15)14-22-10-12-23(13-11-22)19-21-16-8-4-5-9-17(16)25-19/h4-5,8-9,15H,1-3,6-7,10-14H2,(H,20,24). The highest BCUT2D eigenvalue weighted by molar-refractivity contribution is 7.22. The van der Waals surface area contributed by atoms with Crippen LogP contribution < -0.4 is 10.2 Å². The molecule has 25 heavy (non-hydrogen) atoms. The van der Waals surface area contributed by atoms with Crippen molar-refractivity contribution in [2.45, 2.75) is 38.1 Å². The van der Waals surface area contributed by atoms with Gasteiger partial charge >= 0.3 is 0 Å². The predicted octanol–water partition coefficient (Wildman–Crippen LogP) is 2.87. The van der Waals surface area contributed by atoms with Gasteiger partial charge in [0.05, 0.1) is 16.8 Å². The summed E-state index contributed by atoms with van der Waals surface area (Å²) in [5, 5.41) is 4.33. The van der Waals surface area contributed by atoms with Gasteiger partial charge in [0, 0.05) is 32.2 Å². The lowest BCUT2D eigenvalue weighted by molar-refractivity contribution is -0.123. The number of nitrogens with zero attached hydrogens (tertiary/aromatic N) is 3. The molecule has 2 aliphatic rings. The molecule has 1 aliphatic carbocycles. The van der Waals surface area contributed by atoms with Crippen LogP contribution >= 0.6 is 11.3 Å². The topological polar surface area (TPSA) is 48.5 Å². The van der Waals surface area contributed by atoms with Gasteiger partial charge in [-0.05, 0) is 25.0 Å². The number of amides is 1. The molecule has 5 nitrogen and oxygen atoms in total. The third-order valence-electron chi connectivity index (χ3n) is 5.26. The highest BCUT2D eigenvalue weighted by atomic mass is 32.1. The van der Waals surface area contributed by atoms with Crippen LogP contribution in [0.3, 0.4) is 0 Å². The van der Waals surface area contributed by atoms with Crippen molar-refractivity contribution in [2.24, 2.45) is 0 Å². The number of hydrogen-bond donors (Lipinski definition) is 1. The van der Waals surface area contributed by atoms with Crippen molar-refractivity contribution in [3.8, 4) is 0 Å². The van der Waals surface area contributed by atoms with Crippen LogP contribution in [-0.2, 0) is 4.79 Å². The lowest BCUT2D eigenvalue weighted by atomic mass is 9.95. The van der Waals surface area contributed by atoms with Crippen LogP contribution in [0, 0.1) is 0 Å². The maximum atomic E-state index is 12.3. The number of anilines is 1. The lowest BCUT2D eigenvalue weighted by Crippen LogP contribution is -2.50. The largest absolute Gasteiger partial charge is 0.352 e. The zero-order valence-corrected chi connectivity index (χ0v) is 15.4. The monoisotopic (exact) mass is 358 g/mol. The van der Waals surface area contributed by atoms with Crippen LogP contribution in [0.15, 0.2) is 24.3 Å². The molecule has 1 aromatic carbocycles. The minimum Gasteiger partial charge on any atom is -0.352 e. The number of aromatic nitrogens is 1. The quantitative estimate of drug-likeness (QED) is 0.913. The number of para-hydroxylation sites is 1. The molecule has 0 bridgehead atoms. The van der Waals surface area contributed by atoms with E-state index in [4.69, 9.17) is 4.98 Å². The molecule has 2 aromatic rings. The van der Waals surface area contributed by atoms with Crippen molar-refractivity contribution in [1.29, 1.82) is 0 Å². The molecule has 1 saturated heterocycles. The third kappa shape index (κ3) is 4.12. The Bertz CT molecular complexity index is 684. The van der Waals surface area contributed by atoms with E-state index < -0.39 is 0 Å². The fourth-order valence-corrected chi connectivity index (χ4v) is 4.83. The molecule has 6 heteroatoms. The van der Waals surface area contributed by atoms with Crippen molar-refractivity contribution in [3.05, 3.63) is 24.3 Å². The van der Waals surface area contributed by atoms with E-state index in [9.17, 15) is 4.79 Å². The molecular formula is C19H26N4OS. The Morgan fingerprint density at radius 2 is 1.88 bits per heavy atom. The summed E-state index contributed by atoms with van der Waals surface area (Å²) in [5.41, 5.74) is 1.08. The Morgan fingerprint density at radius 1 is 1.12 bits per heavy atom. The first-order chi connectivity index (χ1) is 12.3. The summed E-state index contributed by atoms with van der Waals surface area (Å²) in [7, 11) is 0. The number of nitrogens with one attached hydrogen (secondary N) is 1. The average molecular weight is 359 g/mol. The van der Waals surface area contributed by atoms with Gasteiger partial charge in [-0.2, -0.15) is 0 Å². The van der Waals surface area contributed by atoms with Crippen molar-refractivity contribution in [2.75, 3.05) is 37.6 Å². The number of carbonyl (C=O) groups excluding carboxylic acids is 1. The van der Waals surface area contributed by atoms with E-state index in [-0.39, 0.29) is 5.91 Å². The fraction of sp³-hybridized carbons (Fsp3) is 0.579. The number of carbonyl (C=O) groups is 1. The Balaban J connectivity index is 1.27. The minimum absolute atomic E-state index is 0.195. The number of thiazole rings is 1. The molecule has 2 fully saturated rings. The van der Waals surface area contributed by atoms with Gasteiger partial charge in [-0.1, -0.05) is 42.7 Å². The smallest absolute Gasteiger partial charge is 0.234 e. The van der Waals surface area contributed by atoms with Gasteiger partial charge < -0.3 is 10.2 Å². The van der Waals surface area contributed by atoms with Gasteiger partial charge in [0.25, 0.3) is 0 Å². The molecule has 1 aliphatic heterocycles. The fourth-order valence-electron chi connectivity index (χ4n) is 3.82. The first-order valence-electron chi connectivity index (χ1n) is 9.40. The van der Waals surface area contributed by atoms with Gasteiger partial charge in [0.2, 0.25) is 5.91 Å². The van der Waals surface area contributed by atoms with E-state index >= 15 is 0 Å². The second-order valence-electron chi connectivity index (χ2n) is 7.13. The molecule has 0 unspecified atom stereocenters.